The zero-order valence-electron chi connectivity index (χ0n) is 11.3. The average molecular weight is 256 g/mol. The van der Waals surface area contributed by atoms with Crippen LogP contribution in [-0.2, 0) is 0 Å². The highest BCUT2D eigenvalue weighted by Gasteiger charge is 2.58. The predicted molar refractivity (Wildman–Crippen MR) is 66.8 cm³/mol. The standard InChI is InChI=1S/C10H20N4O2Si/c1-11-7-8(13(3)9(11)15)14(17(4,5)6)10(16)12(7)2/h7-8H,1-6H3. The lowest BCUT2D eigenvalue weighted by molar-refractivity contribution is 0.160. The second-order valence-corrected chi connectivity index (χ2v) is 10.6. The average Bonchev–Trinajstić information content (AvgIpc) is 2.58. The third-order valence-electron chi connectivity index (χ3n) is 3.56. The summed E-state index contributed by atoms with van der Waals surface area (Å²) in [5.41, 5.74) is 0. The van der Waals surface area contributed by atoms with Crippen LogP contribution in [-0.4, -0.2) is 73.0 Å². The van der Waals surface area contributed by atoms with E-state index in [0.29, 0.717) is 0 Å². The van der Waals surface area contributed by atoms with Crippen molar-refractivity contribution < 1.29 is 9.59 Å². The lowest BCUT2D eigenvalue weighted by Gasteiger charge is -2.36. The molecule has 2 heterocycles. The summed E-state index contributed by atoms with van der Waals surface area (Å²) in [6.45, 7) is 6.37. The van der Waals surface area contributed by atoms with Crippen LogP contribution in [0.15, 0.2) is 0 Å². The highest BCUT2D eigenvalue weighted by molar-refractivity contribution is 6.75. The van der Waals surface area contributed by atoms with E-state index in [1.54, 1.807) is 35.8 Å². The smallest absolute Gasteiger partial charge is 0.323 e. The Morgan fingerprint density at radius 1 is 0.824 bits per heavy atom. The Balaban J connectivity index is 2.45. The zero-order valence-corrected chi connectivity index (χ0v) is 12.3. The van der Waals surface area contributed by atoms with Crippen LogP contribution in [0.1, 0.15) is 0 Å². The molecule has 2 aliphatic rings. The van der Waals surface area contributed by atoms with Gasteiger partial charge in [0.05, 0.1) is 0 Å². The molecule has 0 radical (unpaired) electrons. The monoisotopic (exact) mass is 256 g/mol. The number of carbonyl (C=O) groups is 2. The molecule has 2 atom stereocenters. The summed E-state index contributed by atoms with van der Waals surface area (Å²) in [6.07, 6.45) is -0.302. The fraction of sp³-hybridized carbons (Fsp3) is 0.800. The van der Waals surface area contributed by atoms with Crippen molar-refractivity contribution in [1.82, 2.24) is 19.3 Å². The van der Waals surface area contributed by atoms with Crippen molar-refractivity contribution in [2.45, 2.75) is 32.0 Å². The summed E-state index contributed by atoms with van der Waals surface area (Å²) in [7, 11) is 3.49. The number of urea groups is 2. The van der Waals surface area contributed by atoms with E-state index in [9.17, 15) is 9.59 Å². The van der Waals surface area contributed by atoms with Crippen molar-refractivity contribution >= 4 is 20.3 Å². The van der Waals surface area contributed by atoms with Crippen LogP contribution in [0.3, 0.4) is 0 Å². The fourth-order valence-electron chi connectivity index (χ4n) is 2.72. The van der Waals surface area contributed by atoms with Gasteiger partial charge in [-0.05, 0) is 0 Å². The minimum Gasteiger partial charge on any atom is -0.329 e. The van der Waals surface area contributed by atoms with E-state index < -0.39 is 8.24 Å². The Morgan fingerprint density at radius 2 is 1.24 bits per heavy atom. The van der Waals surface area contributed by atoms with Crippen LogP contribution in [0.25, 0.3) is 0 Å². The third kappa shape index (κ3) is 1.45. The highest BCUT2D eigenvalue weighted by atomic mass is 28.3. The first kappa shape index (κ1) is 12.2. The summed E-state index contributed by atoms with van der Waals surface area (Å²) in [6, 6.07) is 0.00738. The molecule has 0 aromatic heterocycles. The van der Waals surface area contributed by atoms with Crippen LogP contribution < -0.4 is 0 Å². The van der Waals surface area contributed by atoms with E-state index in [2.05, 4.69) is 19.6 Å². The summed E-state index contributed by atoms with van der Waals surface area (Å²) in [5, 5.41) is 0. The first-order valence-corrected chi connectivity index (χ1v) is 9.18. The van der Waals surface area contributed by atoms with Crippen molar-refractivity contribution in [2.75, 3.05) is 21.1 Å². The molecule has 17 heavy (non-hydrogen) atoms. The lowest BCUT2D eigenvalue weighted by atomic mass is 10.4. The molecule has 7 heteroatoms. The molecule has 0 aromatic rings. The van der Waals surface area contributed by atoms with Crippen molar-refractivity contribution in [3.05, 3.63) is 0 Å². The normalized spacial score (nSPS) is 29.5. The van der Waals surface area contributed by atoms with E-state index >= 15 is 0 Å². The molecule has 0 aliphatic carbocycles. The van der Waals surface area contributed by atoms with Gasteiger partial charge in [0.2, 0.25) is 0 Å². The summed E-state index contributed by atoms with van der Waals surface area (Å²) >= 11 is 0. The SMILES string of the molecule is CN1C(=O)N(C)C2C1N(C)C(=O)N2[Si](C)(C)C. The maximum atomic E-state index is 12.3. The van der Waals surface area contributed by atoms with Gasteiger partial charge >= 0.3 is 12.1 Å². The van der Waals surface area contributed by atoms with Crippen LogP contribution in [0, 0.1) is 0 Å². The second-order valence-electron chi connectivity index (χ2n) is 5.77. The number of amides is 4. The molecule has 96 valence electrons. The first-order valence-electron chi connectivity index (χ1n) is 5.73. The number of carbonyl (C=O) groups excluding carboxylic acids is 2. The van der Waals surface area contributed by atoms with E-state index in [0.717, 1.165) is 0 Å². The summed E-state index contributed by atoms with van der Waals surface area (Å²) in [4.78, 5) is 29.2. The van der Waals surface area contributed by atoms with E-state index in [1.807, 2.05) is 4.57 Å². The van der Waals surface area contributed by atoms with E-state index in [1.165, 1.54) is 0 Å². The molecule has 0 bridgehead atoms. The lowest BCUT2D eigenvalue weighted by Crippen LogP contribution is -2.56. The van der Waals surface area contributed by atoms with Gasteiger partial charge in [-0.15, -0.1) is 0 Å². The van der Waals surface area contributed by atoms with Gasteiger partial charge < -0.3 is 19.3 Å². The number of hydrogen-bond acceptors (Lipinski definition) is 2. The van der Waals surface area contributed by atoms with Gasteiger partial charge in [-0.3, -0.25) is 0 Å². The molecule has 0 saturated carbocycles. The molecule has 2 unspecified atom stereocenters. The minimum absolute atomic E-state index is 0.0254. The van der Waals surface area contributed by atoms with Gasteiger partial charge in [0.15, 0.2) is 8.24 Å². The zero-order chi connectivity index (χ0) is 13.1. The topological polar surface area (TPSA) is 47.1 Å². The van der Waals surface area contributed by atoms with Gasteiger partial charge in [0.25, 0.3) is 0 Å². The number of rotatable bonds is 1. The molecule has 2 saturated heterocycles. The minimum atomic E-state index is -1.79. The maximum absolute atomic E-state index is 12.3. The highest BCUT2D eigenvalue weighted by Crippen LogP contribution is 2.35. The van der Waals surface area contributed by atoms with Crippen LogP contribution in [0.5, 0.6) is 0 Å². The molecule has 2 aliphatic heterocycles. The van der Waals surface area contributed by atoms with Crippen LogP contribution >= 0.6 is 0 Å². The number of likely N-dealkylation sites (N-methyl/N-ethyl adjacent to an activating group) is 3. The Labute approximate surface area is 103 Å². The molecular formula is C10H20N4O2Si. The number of fused-ring (bicyclic) bond motifs is 1. The third-order valence-corrected chi connectivity index (χ3v) is 5.46. The molecule has 2 rings (SSSR count). The Bertz CT molecular complexity index is 381. The molecule has 2 fully saturated rings. The Hall–Kier alpha value is -1.24. The molecule has 6 nitrogen and oxygen atoms in total. The van der Waals surface area contributed by atoms with Gasteiger partial charge in [-0.1, -0.05) is 19.6 Å². The molecule has 0 aromatic carbocycles. The van der Waals surface area contributed by atoms with Gasteiger partial charge in [0.1, 0.15) is 12.3 Å². The fourth-order valence-corrected chi connectivity index (χ4v) is 4.55. The maximum Gasteiger partial charge on any atom is 0.323 e. The quantitative estimate of drug-likeness (QED) is 0.653. The van der Waals surface area contributed by atoms with E-state index in [4.69, 9.17) is 0 Å². The van der Waals surface area contributed by atoms with Crippen molar-refractivity contribution in [1.29, 1.82) is 0 Å². The van der Waals surface area contributed by atoms with Crippen LogP contribution in [0.2, 0.25) is 19.6 Å². The molecule has 0 N–H and O–H groups in total. The van der Waals surface area contributed by atoms with Gasteiger partial charge in [-0.2, -0.15) is 0 Å². The largest absolute Gasteiger partial charge is 0.329 e. The molecule has 4 amide bonds. The van der Waals surface area contributed by atoms with Gasteiger partial charge in [-0.25, -0.2) is 9.59 Å². The van der Waals surface area contributed by atoms with Gasteiger partial charge in [0, 0.05) is 21.1 Å². The van der Waals surface area contributed by atoms with Crippen LogP contribution in [0.4, 0.5) is 9.59 Å². The second kappa shape index (κ2) is 3.38. The number of hydrogen-bond donors (Lipinski definition) is 0. The number of nitrogens with zero attached hydrogens (tertiary/aromatic N) is 4. The summed E-state index contributed by atoms with van der Waals surface area (Å²) < 4.78 is 1.92. The van der Waals surface area contributed by atoms with E-state index in [-0.39, 0.29) is 24.4 Å². The van der Waals surface area contributed by atoms with Crippen molar-refractivity contribution in [2.24, 2.45) is 0 Å². The molecule has 0 spiro atoms. The first-order chi connectivity index (χ1) is 7.68. The summed E-state index contributed by atoms with van der Waals surface area (Å²) in [5.74, 6) is 0. The Kier molecular flexibility index (Phi) is 2.43. The van der Waals surface area contributed by atoms with Crippen molar-refractivity contribution in [3.8, 4) is 0 Å². The van der Waals surface area contributed by atoms with Crippen molar-refractivity contribution in [3.63, 3.8) is 0 Å². The molecular weight excluding hydrogens is 236 g/mol. The predicted octanol–water partition coefficient (Wildman–Crippen LogP) is 0.838. The Morgan fingerprint density at radius 3 is 1.71 bits per heavy atom.